The lowest BCUT2D eigenvalue weighted by atomic mass is 10.1. The van der Waals surface area contributed by atoms with Crippen molar-refractivity contribution in [3.63, 3.8) is 0 Å². The Hall–Kier alpha value is 0.455. The van der Waals surface area contributed by atoms with E-state index in [0.717, 1.165) is 24.4 Å². The van der Waals surface area contributed by atoms with Crippen molar-refractivity contribution in [1.29, 1.82) is 0 Å². The molecule has 86 valence electrons. The summed E-state index contributed by atoms with van der Waals surface area (Å²) in [5.74, 6) is 0. The Bertz CT molecular complexity index is 167. The van der Waals surface area contributed by atoms with Crippen molar-refractivity contribution in [2.24, 2.45) is 0 Å². The van der Waals surface area contributed by atoms with E-state index in [1.165, 1.54) is 32.1 Å². The van der Waals surface area contributed by atoms with Crippen molar-refractivity contribution in [3.8, 4) is 0 Å². The first-order valence-corrected chi connectivity index (χ1v) is 8.29. The van der Waals surface area contributed by atoms with Crippen LogP contribution in [-0.4, -0.2) is 43.9 Å². The maximum Gasteiger partial charge on any atom is 0.182 e. The molecule has 1 nitrogen and oxygen atoms in total. The summed E-state index contributed by atoms with van der Waals surface area (Å²) in [7, 11) is 6.09. The Morgan fingerprint density at radius 3 is 2.33 bits per heavy atom. The van der Waals surface area contributed by atoms with Gasteiger partial charge in [-0.1, -0.05) is 13.8 Å². The average Bonchev–Trinajstić information content (AvgIpc) is 2.21. The molecule has 0 saturated carbocycles. The van der Waals surface area contributed by atoms with E-state index >= 15 is 0 Å². The molecular formula is C12H25BNP. The summed E-state index contributed by atoms with van der Waals surface area (Å²) in [5, 5.41) is 0. The van der Waals surface area contributed by atoms with E-state index in [9.17, 15) is 0 Å². The third-order valence-corrected chi connectivity index (χ3v) is 7.25. The lowest BCUT2D eigenvalue weighted by molar-refractivity contribution is 0.388. The molecule has 1 rings (SSSR count). The summed E-state index contributed by atoms with van der Waals surface area (Å²) in [4.78, 5) is 2.00. The van der Waals surface area contributed by atoms with Crippen molar-refractivity contribution in [3.05, 3.63) is 0 Å². The molecule has 1 aliphatic heterocycles. The van der Waals surface area contributed by atoms with Crippen LogP contribution in [0.4, 0.5) is 0 Å². The molecule has 0 aromatic rings. The highest BCUT2D eigenvalue weighted by molar-refractivity contribution is 7.58. The van der Waals surface area contributed by atoms with Gasteiger partial charge in [-0.25, -0.2) is 0 Å². The molecule has 0 amide bonds. The molecule has 1 saturated heterocycles. The standard InChI is InChI=1S/C12H25BNP/c1-4-11(2)15(3)12-7-5-9-14(13)10-6-8-12/h11-12H,4-10H2,1-3H3. The van der Waals surface area contributed by atoms with Crippen LogP contribution < -0.4 is 0 Å². The fourth-order valence-corrected chi connectivity index (χ4v) is 4.85. The van der Waals surface area contributed by atoms with E-state index in [1.807, 2.05) is 4.81 Å². The molecule has 2 unspecified atom stereocenters. The van der Waals surface area contributed by atoms with Crippen LogP contribution in [0.1, 0.15) is 46.0 Å². The van der Waals surface area contributed by atoms with Gasteiger partial charge >= 0.3 is 0 Å². The van der Waals surface area contributed by atoms with Crippen molar-refractivity contribution < 1.29 is 0 Å². The van der Waals surface area contributed by atoms with Gasteiger partial charge in [0.05, 0.1) is 0 Å². The molecule has 0 N–H and O–H groups in total. The van der Waals surface area contributed by atoms with E-state index < -0.39 is 0 Å². The van der Waals surface area contributed by atoms with Crippen LogP contribution in [0.5, 0.6) is 0 Å². The van der Waals surface area contributed by atoms with Gasteiger partial charge in [-0.3, -0.25) is 0 Å². The maximum absolute atomic E-state index is 5.85. The van der Waals surface area contributed by atoms with Crippen LogP contribution in [0.3, 0.4) is 0 Å². The molecule has 1 aliphatic rings. The maximum atomic E-state index is 5.85. The first-order valence-electron chi connectivity index (χ1n) is 6.36. The quantitative estimate of drug-likeness (QED) is 0.526. The van der Waals surface area contributed by atoms with Crippen molar-refractivity contribution in [2.45, 2.75) is 57.3 Å². The van der Waals surface area contributed by atoms with E-state index in [0.29, 0.717) is 0 Å². The highest BCUT2D eigenvalue weighted by Gasteiger charge is 2.22. The second-order valence-electron chi connectivity index (χ2n) is 4.90. The summed E-state index contributed by atoms with van der Waals surface area (Å²) in [6.07, 6.45) is 6.75. The molecular weight excluding hydrogens is 200 g/mol. The molecule has 2 radical (unpaired) electrons. The zero-order valence-electron chi connectivity index (χ0n) is 10.6. The Kier molecular flexibility index (Phi) is 6.23. The van der Waals surface area contributed by atoms with Gasteiger partial charge in [0.25, 0.3) is 0 Å². The van der Waals surface area contributed by atoms with E-state index in [1.54, 1.807) is 0 Å². The minimum Gasteiger partial charge on any atom is -0.353 e. The third-order valence-electron chi connectivity index (χ3n) is 3.83. The zero-order valence-corrected chi connectivity index (χ0v) is 11.5. The zero-order chi connectivity index (χ0) is 11.3. The summed E-state index contributed by atoms with van der Waals surface area (Å²) < 4.78 is 0. The smallest absolute Gasteiger partial charge is 0.182 e. The second kappa shape index (κ2) is 6.91. The Morgan fingerprint density at radius 1 is 1.33 bits per heavy atom. The van der Waals surface area contributed by atoms with Crippen LogP contribution in [0.25, 0.3) is 0 Å². The van der Waals surface area contributed by atoms with Gasteiger partial charge < -0.3 is 4.81 Å². The van der Waals surface area contributed by atoms with Crippen LogP contribution in [0, 0.1) is 0 Å². The Morgan fingerprint density at radius 2 is 1.87 bits per heavy atom. The average molecular weight is 225 g/mol. The fraction of sp³-hybridized carbons (Fsp3) is 1.00. The predicted molar refractivity (Wildman–Crippen MR) is 72.2 cm³/mol. The van der Waals surface area contributed by atoms with Crippen LogP contribution >= 0.6 is 7.92 Å². The van der Waals surface area contributed by atoms with Crippen molar-refractivity contribution >= 4 is 15.9 Å². The summed E-state index contributed by atoms with van der Waals surface area (Å²) in [6.45, 7) is 9.46. The molecule has 1 heterocycles. The molecule has 1 fully saturated rings. The van der Waals surface area contributed by atoms with Gasteiger partial charge in [0.1, 0.15) is 0 Å². The third kappa shape index (κ3) is 4.45. The monoisotopic (exact) mass is 225 g/mol. The number of hydrogen-bond donors (Lipinski definition) is 0. The molecule has 2 atom stereocenters. The molecule has 0 aromatic heterocycles. The minimum absolute atomic E-state index is 0.237. The normalized spacial score (nSPS) is 25.5. The fourth-order valence-electron chi connectivity index (χ4n) is 2.37. The van der Waals surface area contributed by atoms with Gasteiger partial charge in [-0.05, 0) is 63.2 Å². The summed E-state index contributed by atoms with van der Waals surface area (Å²) >= 11 is 0. The second-order valence-corrected chi connectivity index (χ2v) is 7.84. The largest absolute Gasteiger partial charge is 0.353 e. The van der Waals surface area contributed by atoms with Crippen LogP contribution in [0.15, 0.2) is 0 Å². The Labute approximate surface area is 98.2 Å². The summed E-state index contributed by atoms with van der Waals surface area (Å²) in [5.41, 5.74) is 1.95. The van der Waals surface area contributed by atoms with Crippen LogP contribution in [-0.2, 0) is 0 Å². The lowest BCUT2D eigenvalue weighted by Gasteiger charge is -2.32. The number of hydrogen-bond acceptors (Lipinski definition) is 1. The highest BCUT2D eigenvalue weighted by Crippen LogP contribution is 2.47. The first-order chi connectivity index (χ1) is 7.15. The predicted octanol–water partition coefficient (Wildman–Crippen LogP) is 3.22. The first kappa shape index (κ1) is 13.5. The van der Waals surface area contributed by atoms with Crippen LogP contribution in [0.2, 0.25) is 0 Å². The van der Waals surface area contributed by atoms with Gasteiger partial charge in [-0.2, -0.15) is 0 Å². The molecule has 0 spiro atoms. The van der Waals surface area contributed by atoms with Gasteiger partial charge in [-0.15, -0.1) is 7.92 Å². The SMILES string of the molecule is [B]N1CCCC(P(C)C(C)CC)CCC1. The molecule has 0 bridgehead atoms. The van der Waals surface area contributed by atoms with Gasteiger partial charge in [0.2, 0.25) is 0 Å². The minimum atomic E-state index is 0.237. The van der Waals surface area contributed by atoms with Crippen molar-refractivity contribution in [1.82, 2.24) is 4.81 Å². The molecule has 0 aromatic carbocycles. The molecule has 3 heteroatoms. The van der Waals surface area contributed by atoms with Gasteiger partial charge in [0.15, 0.2) is 7.98 Å². The van der Waals surface area contributed by atoms with E-state index in [-0.39, 0.29) is 7.92 Å². The highest BCUT2D eigenvalue weighted by atomic mass is 31.1. The van der Waals surface area contributed by atoms with E-state index in [2.05, 4.69) is 20.5 Å². The number of rotatable bonds is 3. The lowest BCUT2D eigenvalue weighted by Crippen LogP contribution is -2.27. The topological polar surface area (TPSA) is 3.24 Å². The molecule has 15 heavy (non-hydrogen) atoms. The van der Waals surface area contributed by atoms with Gasteiger partial charge in [0, 0.05) is 0 Å². The molecule has 0 aliphatic carbocycles. The Balaban J connectivity index is 2.40. The summed E-state index contributed by atoms with van der Waals surface area (Å²) in [6, 6.07) is 0. The van der Waals surface area contributed by atoms with Crippen molar-refractivity contribution in [2.75, 3.05) is 19.8 Å². The van der Waals surface area contributed by atoms with E-state index in [4.69, 9.17) is 7.98 Å². The number of nitrogens with zero attached hydrogens (tertiary/aromatic N) is 1.